The summed E-state index contributed by atoms with van der Waals surface area (Å²) >= 11 is 0. The molecule has 0 saturated carbocycles. The van der Waals surface area contributed by atoms with Gasteiger partial charge in [0.1, 0.15) is 4.92 Å². The number of carbonyl (C=O) groups is 2. The Labute approximate surface area is 114 Å². The van der Waals surface area contributed by atoms with Gasteiger partial charge in [0, 0.05) is 13.0 Å². The van der Waals surface area contributed by atoms with Crippen molar-refractivity contribution in [2.75, 3.05) is 6.54 Å². The number of hydrogen-bond donors (Lipinski definition) is 2. The summed E-state index contributed by atoms with van der Waals surface area (Å²) in [5, 5.41) is 21.5. The Morgan fingerprint density at radius 1 is 1.45 bits per heavy atom. The van der Waals surface area contributed by atoms with Gasteiger partial charge in [-0.2, -0.15) is 0 Å². The largest absolute Gasteiger partial charge is 0.481 e. The number of hydrogen-bond acceptors (Lipinski definition) is 5. The van der Waals surface area contributed by atoms with Crippen molar-refractivity contribution in [1.29, 1.82) is 0 Å². The zero-order valence-corrected chi connectivity index (χ0v) is 11.0. The molecule has 1 aromatic heterocycles. The number of amides is 1. The third-order valence-electron chi connectivity index (χ3n) is 2.77. The van der Waals surface area contributed by atoms with Crippen LogP contribution in [0.25, 0.3) is 0 Å². The second kappa shape index (κ2) is 7.27. The van der Waals surface area contributed by atoms with E-state index in [-0.39, 0.29) is 18.1 Å². The third-order valence-corrected chi connectivity index (χ3v) is 2.77. The van der Waals surface area contributed by atoms with Crippen molar-refractivity contribution in [3.8, 4) is 0 Å². The number of nitro groups is 1. The van der Waals surface area contributed by atoms with Crippen LogP contribution in [0.1, 0.15) is 36.7 Å². The molecule has 0 radical (unpaired) electrons. The second-order valence-corrected chi connectivity index (χ2v) is 4.48. The molecular formula is C12H16N2O6. The van der Waals surface area contributed by atoms with Gasteiger partial charge in [0.25, 0.3) is 5.91 Å². The molecule has 0 aromatic carbocycles. The molecule has 2 N–H and O–H groups in total. The predicted molar refractivity (Wildman–Crippen MR) is 68.3 cm³/mol. The van der Waals surface area contributed by atoms with E-state index in [4.69, 9.17) is 9.52 Å². The van der Waals surface area contributed by atoms with Gasteiger partial charge in [0.05, 0.1) is 6.07 Å². The average Bonchev–Trinajstić information content (AvgIpc) is 2.86. The zero-order chi connectivity index (χ0) is 15.1. The van der Waals surface area contributed by atoms with Gasteiger partial charge in [-0.15, -0.1) is 0 Å². The molecule has 20 heavy (non-hydrogen) atoms. The van der Waals surface area contributed by atoms with E-state index in [1.165, 1.54) is 6.07 Å². The first kappa shape index (κ1) is 15.7. The lowest BCUT2D eigenvalue weighted by Crippen LogP contribution is -2.25. The third kappa shape index (κ3) is 5.09. The van der Waals surface area contributed by atoms with Crippen molar-refractivity contribution in [1.82, 2.24) is 5.32 Å². The van der Waals surface area contributed by atoms with Crippen molar-refractivity contribution in [2.24, 2.45) is 5.92 Å². The number of furan rings is 1. The lowest BCUT2D eigenvalue weighted by atomic mass is 10.0. The van der Waals surface area contributed by atoms with Crippen molar-refractivity contribution in [2.45, 2.75) is 26.2 Å². The highest BCUT2D eigenvalue weighted by molar-refractivity contribution is 5.91. The standard InChI is InChI=1S/C12H16N2O6/c1-8(2-5-11(15)16)6-7-13-12(17)9-3-4-10(20-9)14(18)19/h3-4,8H,2,5-7H2,1H3,(H,13,17)(H,15,16). The van der Waals surface area contributed by atoms with Crippen molar-refractivity contribution in [3.63, 3.8) is 0 Å². The molecule has 1 aromatic rings. The molecule has 0 aliphatic carbocycles. The van der Waals surface area contributed by atoms with Gasteiger partial charge in [0.15, 0.2) is 5.76 Å². The Morgan fingerprint density at radius 3 is 2.70 bits per heavy atom. The summed E-state index contributed by atoms with van der Waals surface area (Å²) < 4.78 is 4.75. The quantitative estimate of drug-likeness (QED) is 0.554. The van der Waals surface area contributed by atoms with E-state index in [0.717, 1.165) is 6.07 Å². The highest BCUT2D eigenvalue weighted by atomic mass is 16.6. The van der Waals surface area contributed by atoms with Crippen LogP contribution >= 0.6 is 0 Å². The normalized spacial score (nSPS) is 11.8. The van der Waals surface area contributed by atoms with Gasteiger partial charge < -0.3 is 14.8 Å². The molecule has 0 spiro atoms. The van der Waals surface area contributed by atoms with Gasteiger partial charge in [-0.05, 0) is 24.8 Å². The topological polar surface area (TPSA) is 123 Å². The Bertz CT molecular complexity index is 496. The second-order valence-electron chi connectivity index (χ2n) is 4.48. The monoisotopic (exact) mass is 284 g/mol. The fourth-order valence-electron chi connectivity index (χ4n) is 1.58. The number of carbonyl (C=O) groups excluding carboxylic acids is 1. The zero-order valence-electron chi connectivity index (χ0n) is 11.0. The molecule has 0 saturated heterocycles. The maximum absolute atomic E-state index is 11.6. The van der Waals surface area contributed by atoms with E-state index in [2.05, 4.69) is 5.32 Å². The predicted octanol–water partition coefficient (Wildman–Crippen LogP) is 1.81. The summed E-state index contributed by atoms with van der Waals surface area (Å²) in [6.07, 6.45) is 1.26. The fourth-order valence-corrected chi connectivity index (χ4v) is 1.58. The van der Waals surface area contributed by atoms with Crippen LogP contribution < -0.4 is 5.32 Å². The summed E-state index contributed by atoms with van der Waals surface area (Å²) in [7, 11) is 0. The van der Waals surface area contributed by atoms with Crippen LogP contribution in [0, 0.1) is 16.0 Å². The van der Waals surface area contributed by atoms with Gasteiger partial charge in [-0.1, -0.05) is 6.92 Å². The number of nitrogens with zero attached hydrogens (tertiary/aromatic N) is 1. The molecule has 0 aliphatic heterocycles. The molecule has 0 fully saturated rings. The van der Waals surface area contributed by atoms with Crippen LogP contribution in [-0.2, 0) is 4.79 Å². The first-order valence-corrected chi connectivity index (χ1v) is 6.14. The van der Waals surface area contributed by atoms with Crippen LogP contribution in [0.4, 0.5) is 5.88 Å². The first-order chi connectivity index (χ1) is 9.40. The first-order valence-electron chi connectivity index (χ1n) is 6.14. The SMILES string of the molecule is CC(CCNC(=O)c1ccc([N+](=O)[O-])o1)CCC(=O)O. The van der Waals surface area contributed by atoms with Crippen LogP contribution in [0.15, 0.2) is 16.5 Å². The van der Waals surface area contributed by atoms with Crippen LogP contribution in [0.3, 0.4) is 0 Å². The Balaban J connectivity index is 2.32. The molecule has 110 valence electrons. The van der Waals surface area contributed by atoms with E-state index in [1.807, 2.05) is 6.92 Å². The summed E-state index contributed by atoms with van der Waals surface area (Å²) in [4.78, 5) is 31.7. The lowest BCUT2D eigenvalue weighted by molar-refractivity contribution is -0.402. The molecule has 1 unspecified atom stereocenters. The van der Waals surface area contributed by atoms with Crippen LogP contribution in [0.5, 0.6) is 0 Å². The average molecular weight is 284 g/mol. The van der Waals surface area contributed by atoms with E-state index < -0.39 is 22.7 Å². The van der Waals surface area contributed by atoms with Crippen LogP contribution in [-0.4, -0.2) is 28.5 Å². The molecule has 0 aliphatic rings. The molecule has 1 atom stereocenters. The van der Waals surface area contributed by atoms with E-state index in [1.54, 1.807) is 0 Å². The maximum atomic E-state index is 11.6. The minimum atomic E-state index is -0.844. The number of carboxylic acid groups (broad SMARTS) is 1. The summed E-state index contributed by atoms with van der Waals surface area (Å²) in [5.41, 5.74) is 0. The Kier molecular flexibility index (Phi) is 5.70. The maximum Gasteiger partial charge on any atom is 0.433 e. The van der Waals surface area contributed by atoms with E-state index >= 15 is 0 Å². The van der Waals surface area contributed by atoms with Crippen molar-refractivity contribution >= 4 is 17.8 Å². The molecular weight excluding hydrogens is 268 g/mol. The molecule has 1 rings (SSSR count). The number of rotatable bonds is 8. The Hall–Kier alpha value is -2.38. The minimum Gasteiger partial charge on any atom is -0.481 e. The summed E-state index contributed by atoms with van der Waals surface area (Å²) in [6, 6.07) is 2.35. The number of nitrogens with one attached hydrogen (secondary N) is 1. The van der Waals surface area contributed by atoms with Gasteiger partial charge >= 0.3 is 11.9 Å². The highest BCUT2D eigenvalue weighted by Crippen LogP contribution is 2.15. The number of carboxylic acids is 1. The van der Waals surface area contributed by atoms with Crippen molar-refractivity contribution < 1.29 is 24.0 Å². The van der Waals surface area contributed by atoms with Gasteiger partial charge in [-0.25, -0.2) is 0 Å². The molecule has 8 nitrogen and oxygen atoms in total. The molecule has 0 bridgehead atoms. The molecule has 8 heteroatoms. The van der Waals surface area contributed by atoms with E-state index in [9.17, 15) is 19.7 Å². The molecule has 1 amide bonds. The van der Waals surface area contributed by atoms with Crippen molar-refractivity contribution in [3.05, 3.63) is 28.0 Å². The lowest BCUT2D eigenvalue weighted by Gasteiger charge is -2.09. The molecule has 1 heterocycles. The van der Waals surface area contributed by atoms with Gasteiger partial charge in [-0.3, -0.25) is 19.7 Å². The van der Waals surface area contributed by atoms with E-state index in [0.29, 0.717) is 19.4 Å². The Morgan fingerprint density at radius 2 is 2.15 bits per heavy atom. The van der Waals surface area contributed by atoms with Gasteiger partial charge in [0.2, 0.25) is 0 Å². The summed E-state index contributed by atoms with van der Waals surface area (Å²) in [5.74, 6) is -1.80. The highest BCUT2D eigenvalue weighted by Gasteiger charge is 2.17. The number of aliphatic carboxylic acids is 1. The van der Waals surface area contributed by atoms with Crippen LogP contribution in [0.2, 0.25) is 0 Å². The smallest absolute Gasteiger partial charge is 0.433 e. The minimum absolute atomic E-state index is 0.0967. The summed E-state index contributed by atoms with van der Waals surface area (Å²) in [6.45, 7) is 2.25. The fraction of sp³-hybridized carbons (Fsp3) is 0.500.